The quantitative estimate of drug-likeness (QED) is 0.384. The molecule has 200 valence electrons. The largest absolute Gasteiger partial charge is 0.494 e. The van der Waals surface area contributed by atoms with Crippen LogP contribution < -0.4 is 14.2 Å². The van der Waals surface area contributed by atoms with Crippen LogP contribution in [-0.4, -0.2) is 65.8 Å². The first-order valence-corrected chi connectivity index (χ1v) is 13.8. The Labute approximate surface area is 217 Å². The van der Waals surface area contributed by atoms with E-state index in [0.717, 1.165) is 12.8 Å². The van der Waals surface area contributed by atoms with E-state index in [4.69, 9.17) is 18.9 Å². The maximum atomic E-state index is 13.7. The molecule has 3 heterocycles. The monoisotopic (exact) mass is 531 g/mol. The minimum absolute atomic E-state index is 0.0623. The lowest BCUT2D eigenvalue weighted by Crippen LogP contribution is -2.27. The molecular formula is C25H33N5O6S. The summed E-state index contributed by atoms with van der Waals surface area (Å²) < 4.78 is 51.5. The van der Waals surface area contributed by atoms with Gasteiger partial charge in [0.1, 0.15) is 34.9 Å². The second-order valence-corrected chi connectivity index (χ2v) is 11.5. The number of methoxy groups -OCH3 is 3. The lowest BCUT2D eigenvalue weighted by Gasteiger charge is -2.21. The predicted molar refractivity (Wildman–Crippen MR) is 136 cm³/mol. The third kappa shape index (κ3) is 5.40. The van der Waals surface area contributed by atoms with Crippen molar-refractivity contribution in [1.29, 1.82) is 0 Å². The predicted octanol–water partition coefficient (Wildman–Crippen LogP) is 3.43. The van der Waals surface area contributed by atoms with Crippen molar-refractivity contribution in [3.8, 4) is 22.9 Å². The molecule has 0 N–H and O–H groups in total. The smallest absolute Gasteiger partial charge is 0.167 e. The minimum atomic E-state index is -3.72. The van der Waals surface area contributed by atoms with Crippen molar-refractivity contribution in [2.75, 3.05) is 21.3 Å². The molecule has 2 aromatic heterocycles. The van der Waals surface area contributed by atoms with Crippen molar-refractivity contribution < 1.29 is 27.4 Å². The van der Waals surface area contributed by atoms with Gasteiger partial charge in [-0.05, 0) is 38.8 Å². The highest BCUT2D eigenvalue weighted by Crippen LogP contribution is 2.39. The number of aromatic nitrogens is 5. The van der Waals surface area contributed by atoms with E-state index in [1.807, 2.05) is 6.92 Å². The highest BCUT2D eigenvalue weighted by atomic mass is 32.2. The normalized spacial score (nSPS) is 19.4. The zero-order chi connectivity index (χ0) is 26.7. The molecule has 3 aromatic rings. The van der Waals surface area contributed by atoms with Gasteiger partial charge in [-0.25, -0.2) is 18.4 Å². The molecule has 1 aliphatic heterocycles. The minimum Gasteiger partial charge on any atom is -0.494 e. The van der Waals surface area contributed by atoms with E-state index in [2.05, 4.69) is 20.2 Å². The fourth-order valence-corrected chi connectivity index (χ4v) is 5.97. The van der Waals surface area contributed by atoms with Crippen molar-refractivity contribution >= 4 is 9.84 Å². The molecule has 1 saturated heterocycles. The Bertz CT molecular complexity index is 1310. The summed E-state index contributed by atoms with van der Waals surface area (Å²) in [5.74, 6) is 1.85. The van der Waals surface area contributed by atoms with Gasteiger partial charge in [-0.1, -0.05) is 13.0 Å². The zero-order valence-corrected chi connectivity index (χ0v) is 22.7. The molecule has 0 saturated carbocycles. The van der Waals surface area contributed by atoms with Crippen molar-refractivity contribution in [2.24, 2.45) is 0 Å². The summed E-state index contributed by atoms with van der Waals surface area (Å²) in [7, 11) is 0.891. The first-order valence-electron chi connectivity index (χ1n) is 12.1. The van der Waals surface area contributed by atoms with Crippen LogP contribution in [0.1, 0.15) is 63.1 Å². The molecule has 0 aliphatic carbocycles. The van der Waals surface area contributed by atoms with E-state index in [0.29, 0.717) is 34.6 Å². The second kappa shape index (κ2) is 11.0. The van der Waals surface area contributed by atoms with Crippen LogP contribution >= 0.6 is 0 Å². The molecule has 1 aromatic carbocycles. The fourth-order valence-electron chi connectivity index (χ4n) is 4.42. The van der Waals surface area contributed by atoms with Crippen LogP contribution in [0, 0.1) is 0 Å². The standard InChI is InChI=1S/C25H33N5O6S/c1-15-10-11-21(36-15)25-29-28-22(30(25)23-19(34-5)8-7-9-20(23)35-6)14-37(31,32)17(3)16(2)24-26-12-18(33-4)13-27-24/h7-9,12-13,15-17,21H,10-11,14H2,1-6H3/t15-,16+,17+,21-/m1/s1. The van der Waals surface area contributed by atoms with E-state index in [-0.39, 0.29) is 23.8 Å². The Balaban J connectivity index is 1.75. The van der Waals surface area contributed by atoms with Crippen LogP contribution in [0.4, 0.5) is 0 Å². The van der Waals surface area contributed by atoms with E-state index in [9.17, 15) is 8.42 Å². The average Bonchev–Trinajstić information content (AvgIpc) is 3.52. The van der Waals surface area contributed by atoms with Crippen LogP contribution in [0.25, 0.3) is 5.69 Å². The molecule has 0 amide bonds. The summed E-state index contributed by atoms with van der Waals surface area (Å²) in [6.07, 6.45) is 4.39. The van der Waals surface area contributed by atoms with Gasteiger partial charge >= 0.3 is 0 Å². The third-order valence-corrected chi connectivity index (χ3v) is 8.99. The Hall–Kier alpha value is -3.25. The van der Waals surface area contributed by atoms with Crippen molar-refractivity contribution in [1.82, 2.24) is 24.7 Å². The van der Waals surface area contributed by atoms with Crippen LogP contribution in [0.2, 0.25) is 0 Å². The third-order valence-electron chi connectivity index (χ3n) is 6.79. The summed E-state index contributed by atoms with van der Waals surface area (Å²) in [6.45, 7) is 5.44. The number of para-hydroxylation sites is 1. The molecule has 4 atom stereocenters. The van der Waals surface area contributed by atoms with Crippen LogP contribution in [0.15, 0.2) is 30.6 Å². The molecule has 0 unspecified atom stereocenters. The SMILES string of the molecule is COc1cnc([C@@H](C)[C@H](C)S(=O)(=O)Cc2nnc([C@H]3CC[C@@H](C)O3)n2-c2c(OC)cccc2OC)nc1. The first-order chi connectivity index (χ1) is 17.7. The Morgan fingerprint density at radius 2 is 1.68 bits per heavy atom. The van der Waals surface area contributed by atoms with Gasteiger partial charge in [-0.3, -0.25) is 4.57 Å². The number of sulfone groups is 1. The molecule has 1 fully saturated rings. The summed E-state index contributed by atoms with van der Waals surface area (Å²) in [5, 5.41) is 7.93. The maximum Gasteiger partial charge on any atom is 0.167 e. The number of rotatable bonds is 10. The highest BCUT2D eigenvalue weighted by molar-refractivity contribution is 7.91. The molecule has 37 heavy (non-hydrogen) atoms. The summed E-state index contributed by atoms with van der Waals surface area (Å²) in [5.41, 5.74) is 0.528. The number of ether oxygens (including phenoxy) is 4. The van der Waals surface area contributed by atoms with Gasteiger partial charge in [0.05, 0.1) is 45.1 Å². The van der Waals surface area contributed by atoms with Crippen molar-refractivity contribution in [2.45, 2.75) is 62.7 Å². The lowest BCUT2D eigenvalue weighted by molar-refractivity contribution is 0.0491. The summed E-state index contributed by atoms with van der Waals surface area (Å²) in [4.78, 5) is 8.56. The van der Waals surface area contributed by atoms with Gasteiger partial charge in [0.25, 0.3) is 0 Å². The molecule has 4 rings (SSSR count). The van der Waals surface area contributed by atoms with Crippen LogP contribution in [-0.2, 0) is 20.3 Å². The van der Waals surface area contributed by atoms with E-state index < -0.39 is 21.0 Å². The second-order valence-electron chi connectivity index (χ2n) is 9.12. The van der Waals surface area contributed by atoms with E-state index in [1.165, 1.54) is 19.5 Å². The van der Waals surface area contributed by atoms with Gasteiger partial charge < -0.3 is 18.9 Å². The Kier molecular flexibility index (Phi) is 7.98. The van der Waals surface area contributed by atoms with Gasteiger partial charge in [0, 0.05) is 5.92 Å². The van der Waals surface area contributed by atoms with E-state index in [1.54, 1.807) is 50.8 Å². The highest BCUT2D eigenvalue weighted by Gasteiger charge is 2.35. The molecule has 11 nitrogen and oxygen atoms in total. The lowest BCUT2D eigenvalue weighted by atomic mass is 10.1. The summed E-state index contributed by atoms with van der Waals surface area (Å²) >= 11 is 0. The van der Waals surface area contributed by atoms with Crippen LogP contribution in [0.5, 0.6) is 17.2 Å². The molecule has 0 bridgehead atoms. The Morgan fingerprint density at radius 3 is 2.22 bits per heavy atom. The van der Waals surface area contributed by atoms with Gasteiger partial charge in [-0.15, -0.1) is 10.2 Å². The fraction of sp³-hybridized carbons (Fsp3) is 0.520. The van der Waals surface area contributed by atoms with Crippen molar-refractivity contribution in [3.05, 3.63) is 48.1 Å². The average molecular weight is 532 g/mol. The Morgan fingerprint density at radius 1 is 1.03 bits per heavy atom. The van der Waals surface area contributed by atoms with E-state index >= 15 is 0 Å². The number of benzene rings is 1. The van der Waals surface area contributed by atoms with Gasteiger partial charge in [0.15, 0.2) is 27.2 Å². The molecular weight excluding hydrogens is 498 g/mol. The van der Waals surface area contributed by atoms with Gasteiger partial charge in [0.2, 0.25) is 0 Å². The molecule has 1 aliphatic rings. The topological polar surface area (TPSA) is 128 Å². The number of hydrogen-bond donors (Lipinski definition) is 0. The zero-order valence-electron chi connectivity index (χ0n) is 21.9. The molecule has 0 spiro atoms. The molecule has 12 heteroatoms. The maximum absolute atomic E-state index is 13.7. The number of hydrogen-bond acceptors (Lipinski definition) is 10. The van der Waals surface area contributed by atoms with Crippen LogP contribution in [0.3, 0.4) is 0 Å². The summed E-state index contributed by atoms with van der Waals surface area (Å²) in [6, 6.07) is 5.36. The van der Waals surface area contributed by atoms with Crippen molar-refractivity contribution in [3.63, 3.8) is 0 Å². The molecule has 0 radical (unpaired) electrons. The first kappa shape index (κ1) is 26.8. The number of nitrogens with zero attached hydrogens (tertiary/aromatic N) is 5. The van der Waals surface area contributed by atoms with Gasteiger partial charge in [-0.2, -0.15) is 0 Å².